The molecule has 0 saturated carbocycles. The SMILES string of the molecule is CC1=C(C(=O)O)N2C(=O)C(NC(=O)CNc3cc4sc(Cl)cc4s3)[C@@H]2SC1. The van der Waals surface area contributed by atoms with Crippen LogP contribution < -0.4 is 10.6 Å². The predicted molar refractivity (Wildman–Crippen MR) is 109 cm³/mol. The Balaban J connectivity index is 1.36. The lowest BCUT2D eigenvalue weighted by Gasteiger charge is -2.49. The van der Waals surface area contributed by atoms with Gasteiger partial charge < -0.3 is 15.7 Å². The molecule has 2 atom stereocenters. The summed E-state index contributed by atoms with van der Waals surface area (Å²) in [6.07, 6.45) is 0. The van der Waals surface area contributed by atoms with Crippen LogP contribution in [0.2, 0.25) is 4.34 Å². The molecule has 0 aromatic carbocycles. The smallest absolute Gasteiger partial charge is 0.352 e. The third-order valence-electron chi connectivity index (χ3n) is 4.28. The molecule has 11 heteroatoms. The third kappa shape index (κ3) is 3.31. The molecule has 1 fully saturated rings. The van der Waals surface area contributed by atoms with Crippen molar-refractivity contribution >= 4 is 78.2 Å². The Bertz CT molecular complexity index is 967. The summed E-state index contributed by atoms with van der Waals surface area (Å²) in [7, 11) is 0. The lowest BCUT2D eigenvalue weighted by atomic mass is 10.0. The molecule has 2 aromatic heterocycles. The summed E-state index contributed by atoms with van der Waals surface area (Å²) in [5, 5.41) is 15.6. The molecule has 1 saturated heterocycles. The Morgan fingerprint density at radius 1 is 1.33 bits per heavy atom. The summed E-state index contributed by atoms with van der Waals surface area (Å²) in [5.74, 6) is -1.29. The van der Waals surface area contributed by atoms with Crippen LogP contribution in [0.4, 0.5) is 5.00 Å². The second kappa shape index (κ2) is 7.01. The van der Waals surface area contributed by atoms with E-state index in [9.17, 15) is 19.5 Å². The molecular formula is C16H14ClN3O4S3. The van der Waals surface area contributed by atoms with Crippen molar-refractivity contribution in [2.24, 2.45) is 0 Å². The van der Waals surface area contributed by atoms with Gasteiger partial charge >= 0.3 is 5.97 Å². The van der Waals surface area contributed by atoms with Gasteiger partial charge in [0.25, 0.3) is 5.91 Å². The van der Waals surface area contributed by atoms with Crippen LogP contribution in [0.1, 0.15) is 6.92 Å². The van der Waals surface area contributed by atoms with Crippen LogP contribution in [0.15, 0.2) is 23.4 Å². The highest BCUT2D eigenvalue weighted by molar-refractivity contribution is 8.00. The fourth-order valence-corrected chi connectivity index (χ4v) is 6.79. The van der Waals surface area contributed by atoms with Crippen LogP contribution >= 0.6 is 46.0 Å². The number of hydrogen-bond donors (Lipinski definition) is 3. The molecule has 2 aliphatic heterocycles. The van der Waals surface area contributed by atoms with E-state index in [2.05, 4.69) is 10.6 Å². The number of carboxylic acid groups (broad SMARTS) is 1. The average molecular weight is 444 g/mol. The summed E-state index contributed by atoms with van der Waals surface area (Å²) in [6.45, 7) is 1.73. The lowest BCUT2D eigenvalue weighted by molar-refractivity contribution is -0.150. The number of anilines is 1. The van der Waals surface area contributed by atoms with Crippen molar-refractivity contribution in [1.29, 1.82) is 0 Å². The summed E-state index contributed by atoms with van der Waals surface area (Å²) in [5.41, 5.74) is 0.686. The molecule has 142 valence electrons. The molecule has 0 spiro atoms. The number of fused-ring (bicyclic) bond motifs is 2. The zero-order valence-corrected chi connectivity index (χ0v) is 17.2. The van der Waals surface area contributed by atoms with Gasteiger partial charge in [0, 0.05) is 15.2 Å². The Labute approximate surface area is 171 Å². The van der Waals surface area contributed by atoms with Gasteiger partial charge in [-0.25, -0.2) is 4.79 Å². The summed E-state index contributed by atoms with van der Waals surface area (Å²) < 4.78 is 2.84. The number of amides is 2. The maximum absolute atomic E-state index is 12.4. The molecule has 1 unspecified atom stereocenters. The maximum Gasteiger partial charge on any atom is 0.352 e. The van der Waals surface area contributed by atoms with Gasteiger partial charge in [0.1, 0.15) is 17.1 Å². The van der Waals surface area contributed by atoms with Crippen LogP contribution in [0, 0.1) is 0 Å². The van der Waals surface area contributed by atoms with Gasteiger partial charge in [0.2, 0.25) is 5.91 Å². The van der Waals surface area contributed by atoms with Crippen molar-refractivity contribution in [3.63, 3.8) is 0 Å². The number of thioether (sulfide) groups is 1. The molecule has 4 rings (SSSR count). The number of carboxylic acids is 1. The van der Waals surface area contributed by atoms with E-state index in [1.807, 2.05) is 12.1 Å². The minimum Gasteiger partial charge on any atom is -0.477 e. The van der Waals surface area contributed by atoms with Crippen molar-refractivity contribution in [1.82, 2.24) is 10.2 Å². The Morgan fingerprint density at radius 2 is 2.07 bits per heavy atom. The normalized spacial score (nSPS) is 21.9. The molecule has 2 aromatic rings. The number of nitrogens with zero attached hydrogens (tertiary/aromatic N) is 1. The fraction of sp³-hybridized carbons (Fsp3) is 0.312. The van der Waals surface area contributed by atoms with E-state index in [1.54, 1.807) is 6.92 Å². The average Bonchev–Trinajstić information content (AvgIpc) is 3.14. The molecular weight excluding hydrogens is 430 g/mol. The minimum atomic E-state index is -1.12. The van der Waals surface area contributed by atoms with Crippen molar-refractivity contribution in [2.45, 2.75) is 18.3 Å². The van der Waals surface area contributed by atoms with E-state index >= 15 is 0 Å². The highest BCUT2D eigenvalue weighted by atomic mass is 35.5. The van der Waals surface area contributed by atoms with Gasteiger partial charge in [-0.3, -0.25) is 14.5 Å². The van der Waals surface area contributed by atoms with Crippen LogP contribution in [-0.4, -0.2) is 51.5 Å². The monoisotopic (exact) mass is 443 g/mol. The zero-order chi connectivity index (χ0) is 19.3. The van der Waals surface area contributed by atoms with Gasteiger partial charge in [0.15, 0.2) is 0 Å². The van der Waals surface area contributed by atoms with Crippen molar-refractivity contribution in [3.05, 3.63) is 27.7 Å². The summed E-state index contributed by atoms with van der Waals surface area (Å²) >= 11 is 10.4. The molecule has 27 heavy (non-hydrogen) atoms. The van der Waals surface area contributed by atoms with Crippen LogP contribution in [0.3, 0.4) is 0 Å². The number of carbonyl (C=O) groups excluding carboxylic acids is 2. The van der Waals surface area contributed by atoms with Crippen LogP contribution in [0.25, 0.3) is 9.40 Å². The topological polar surface area (TPSA) is 98.7 Å². The van der Waals surface area contributed by atoms with E-state index in [0.717, 1.165) is 18.7 Å². The standard InChI is InChI=1S/C16H14ClN3O4S3/c1-6-5-25-15-12(14(22)20(15)13(6)16(23)24)19-10(21)4-18-11-3-8-7(27-11)2-9(17)26-8/h2-3,12,15,18H,4-5H2,1H3,(H,19,21)(H,23,24)/t12?,15-/m0/s1. The largest absolute Gasteiger partial charge is 0.477 e. The highest BCUT2D eigenvalue weighted by Crippen LogP contribution is 2.40. The highest BCUT2D eigenvalue weighted by Gasteiger charge is 2.53. The first kappa shape index (κ1) is 18.6. The number of aliphatic carboxylic acids is 1. The molecule has 4 heterocycles. The van der Waals surface area contributed by atoms with E-state index in [-0.39, 0.29) is 29.4 Å². The van der Waals surface area contributed by atoms with Crippen molar-refractivity contribution < 1.29 is 19.5 Å². The molecule has 0 radical (unpaired) electrons. The Morgan fingerprint density at radius 3 is 2.78 bits per heavy atom. The molecule has 0 bridgehead atoms. The van der Waals surface area contributed by atoms with Gasteiger partial charge in [0.05, 0.1) is 15.9 Å². The van der Waals surface area contributed by atoms with E-state index in [4.69, 9.17) is 11.6 Å². The van der Waals surface area contributed by atoms with Gasteiger partial charge in [-0.15, -0.1) is 34.4 Å². The third-order valence-corrected chi connectivity index (χ3v) is 8.08. The van der Waals surface area contributed by atoms with Gasteiger partial charge in [-0.2, -0.15) is 0 Å². The predicted octanol–water partition coefficient (Wildman–Crippen LogP) is 2.79. The molecule has 7 nitrogen and oxygen atoms in total. The number of rotatable bonds is 5. The second-order valence-electron chi connectivity index (χ2n) is 6.13. The molecule has 3 N–H and O–H groups in total. The number of carbonyl (C=O) groups is 3. The summed E-state index contributed by atoms with van der Waals surface area (Å²) in [4.78, 5) is 37.2. The quantitative estimate of drug-likeness (QED) is 0.614. The maximum atomic E-state index is 12.4. The molecule has 2 aliphatic rings. The van der Waals surface area contributed by atoms with Gasteiger partial charge in [-0.05, 0) is 24.6 Å². The first-order valence-electron chi connectivity index (χ1n) is 7.95. The van der Waals surface area contributed by atoms with E-state index in [0.29, 0.717) is 11.3 Å². The number of thiophene rings is 2. The zero-order valence-electron chi connectivity index (χ0n) is 13.9. The van der Waals surface area contributed by atoms with Crippen LogP contribution in [-0.2, 0) is 14.4 Å². The van der Waals surface area contributed by atoms with Gasteiger partial charge in [-0.1, -0.05) is 11.6 Å². The number of β-lactam (4-membered cyclic amide) rings is 1. The molecule has 0 aliphatic carbocycles. The Hall–Kier alpha value is -1.75. The first-order valence-corrected chi connectivity index (χ1v) is 11.0. The van der Waals surface area contributed by atoms with E-state index < -0.39 is 12.0 Å². The fourth-order valence-electron chi connectivity index (χ4n) is 3.06. The Kier molecular flexibility index (Phi) is 4.83. The molecule has 2 amide bonds. The van der Waals surface area contributed by atoms with E-state index in [1.165, 1.54) is 39.3 Å². The number of nitrogens with one attached hydrogen (secondary N) is 2. The van der Waals surface area contributed by atoms with Crippen molar-refractivity contribution in [2.75, 3.05) is 17.6 Å². The summed E-state index contributed by atoms with van der Waals surface area (Å²) in [6, 6.07) is 3.12. The van der Waals surface area contributed by atoms with Crippen molar-refractivity contribution in [3.8, 4) is 0 Å². The first-order chi connectivity index (χ1) is 12.8. The lowest BCUT2D eigenvalue weighted by Crippen LogP contribution is -2.70. The van der Waals surface area contributed by atoms with Crippen LogP contribution in [0.5, 0.6) is 0 Å². The number of hydrogen-bond acceptors (Lipinski definition) is 7. The minimum absolute atomic E-state index is 0.0311. The number of halogens is 1. The second-order valence-corrected chi connectivity index (χ2v) is 10.0.